The Balaban J connectivity index is 2.16. The fourth-order valence-corrected chi connectivity index (χ4v) is 2.13. The van der Waals surface area contributed by atoms with E-state index in [-0.39, 0.29) is 0 Å². The third kappa shape index (κ3) is 1.14. The van der Waals surface area contributed by atoms with Gasteiger partial charge in [-0.05, 0) is 25.0 Å². The molecule has 2 heterocycles. The SMILES string of the molecule is Clc1ccn2c(C3CCC3)ncc2c1. The summed E-state index contributed by atoms with van der Waals surface area (Å²) in [5, 5.41) is 0.776. The Morgan fingerprint density at radius 1 is 1.43 bits per heavy atom. The molecule has 0 aromatic carbocycles. The maximum absolute atomic E-state index is 5.91. The van der Waals surface area contributed by atoms with Crippen LogP contribution in [0, 0.1) is 0 Å². The summed E-state index contributed by atoms with van der Waals surface area (Å²) in [6.45, 7) is 0. The van der Waals surface area contributed by atoms with Gasteiger partial charge in [0.25, 0.3) is 0 Å². The first-order valence-electron chi connectivity index (χ1n) is 4.97. The van der Waals surface area contributed by atoms with Crippen molar-refractivity contribution in [3.05, 3.63) is 35.4 Å². The molecule has 2 aromatic rings. The number of hydrogen-bond acceptors (Lipinski definition) is 1. The number of rotatable bonds is 1. The van der Waals surface area contributed by atoms with Gasteiger partial charge in [0.05, 0.1) is 11.7 Å². The normalized spacial score (nSPS) is 17.2. The van der Waals surface area contributed by atoms with Crippen LogP contribution < -0.4 is 0 Å². The van der Waals surface area contributed by atoms with Gasteiger partial charge in [0.1, 0.15) is 5.82 Å². The van der Waals surface area contributed by atoms with Crippen LogP contribution in [0.1, 0.15) is 31.0 Å². The van der Waals surface area contributed by atoms with Crippen LogP contribution in [-0.4, -0.2) is 9.38 Å². The highest BCUT2D eigenvalue weighted by molar-refractivity contribution is 6.30. The van der Waals surface area contributed by atoms with Gasteiger partial charge in [0, 0.05) is 17.1 Å². The van der Waals surface area contributed by atoms with Crippen LogP contribution in [0.3, 0.4) is 0 Å². The van der Waals surface area contributed by atoms with Crippen molar-refractivity contribution in [1.29, 1.82) is 0 Å². The summed E-state index contributed by atoms with van der Waals surface area (Å²) in [6.07, 6.45) is 7.81. The fourth-order valence-electron chi connectivity index (χ4n) is 1.96. The molecule has 14 heavy (non-hydrogen) atoms. The Bertz CT molecular complexity index is 471. The van der Waals surface area contributed by atoms with Gasteiger partial charge in [-0.3, -0.25) is 0 Å². The summed E-state index contributed by atoms with van der Waals surface area (Å²) in [4.78, 5) is 4.46. The molecule has 0 unspecified atom stereocenters. The van der Waals surface area contributed by atoms with Crippen molar-refractivity contribution in [3.8, 4) is 0 Å². The van der Waals surface area contributed by atoms with Crippen LogP contribution in [-0.2, 0) is 0 Å². The van der Waals surface area contributed by atoms with Crippen molar-refractivity contribution >= 4 is 17.1 Å². The lowest BCUT2D eigenvalue weighted by Gasteiger charge is -2.23. The Morgan fingerprint density at radius 3 is 3.00 bits per heavy atom. The number of pyridine rings is 1. The van der Waals surface area contributed by atoms with E-state index in [2.05, 4.69) is 9.38 Å². The van der Waals surface area contributed by atoms with E-state index < -0.39 is 0 Å². The van der Waals surface area contributed by atoms with Crippen molar-refractivity contribution in [2.45, 2.75) is 25.2 Å². The Labute approximate surface area is 87.5 Å². The molecule has 1 aliphatic rings. The largest absolute Gasteiger partial charge is 0.303 e. The Kier molecular flexibility index (Phi) is 1.77. The second-order valence-corrected chi connectivity index (χ2v) is 4.32. The highest BCUT2D eigenvalue weighted by Crippen LogP contribution is 2.35. The van der Waals surface area contributed by atoms with Crippen molar-refractivity contribution in [2.24, 2.45) is 0 Å². The minimum atomic E-state index is 0.665. The number of halogens is 1. The molecule has 1 saturated carbocycles. The van der Waals surface area contributed by atoms with Crippen molar-refractivity contribution < 1.29 is 0 Å². The molecular weight excluding hydrogens is 196 g/mol. The van der Waals surface area contributed by atoms with Crippen LogP contribution in [0.25, 0.3) is 5.52 Å². The molecule has 0 spiro atoms. The Hall–Kier alpha value is -1.02. The first-order valence-corrected chi connectivity index (χ1v) is 5.35. The summed E-state index contributed by atoms with van der Waals surface area (Å²) in [7, 11) is 0. The predicted octanol–water partition coefficient (Wildman–Crippen LogP) is 3.26. The smallest absolute Gasteiger partial charge is 0.116 e. The minimum Gasteiger partial charge on any atom is -0.303 e. The van der Waals surface area contributed by atoms with Crippen LogP contribution >= 0.6 is 11.6 Å². The second-order valence-electron chi connectivity index (χ2n) is 3.88. The fraction of sp³-hybridized carbons (Fsp3) is 0.364. The summed E-state index contributed by atoms with van der Waals surface area (Å²) >= 11 is 5.91. The van der Waals surface area contributed by atoms with Gasteiger partial charge in [0.15, 0.2) is 0 Å². The molecule has 0 radical (unpaired) electrons. The summed E-state index contributed by atoms with van der Waals surface area (Å²) in [6, 6.07) is 3.87. The van der Waals surface area contributed by atoms with Crippen molar-refractivity contribution in [3.63, 3.8) is 0 Å². The van der Waals surface area contributed by atoms with E-state index in [1.807, 2.05) is 24.5 Å². The highest BCUT2D eigenvalue weighted by atomic mass is 35.5. The molecule has 2 nitrogen and oxygen atoms in total. The highest BCUT2D eigenvalue weighted by Gasteiger charge is 2.23. The van der Waals surface area contributed by atoms with E-state index in [0.717, 1.165) is 10.5 Å². The molecule has 0 aliphatic heterocycles. The van der Waals surface area contributed by atoms with Gasteiger partial charge in [0.2, 0.25) is 0 Å². The molecule has 2 aromatic heterocycles. The third-order valence-electron chi connectivity index (χ3n) is 2.99. The topological polar surface area (TPSA) is 17.3 Å². The molecule has 3 heteroatoms. The zero-order valence-electron chi connectivity index (χ0n) is 7.78. The van der Waals surface area contributed by atoms with E-state index in [0.29, 0.717) is 5.92 Å². The lowest BCUT2D eigenvalue weighted by atomic mass is 9.85. The molecule has 0 bridgehead atoms. The second kappa shape index (κ2) is 2.99. The molecule has 0 atom stereocenters. The summed E-state index contributed by atoms with van der Waals surface area (Å²) in [5.41, 5.74) is 1.10. The molecule has 3 rings (SSSR count). The number of nitrogens with zero attached hydrogens (tertiary/aromatic N) is 2. The van der Waals surface area contributed by atoms with Gasteiger partial charge < -0.3 is 4.40 Å². The van der Waals surface area contributed by atoms with Gasteiger partial charge in [-0.1, -0.05) is 18.0 Å². The quantitative estimate of drug-likeness (QED) is 0.700. The minimum absolute atomic E-state index is 0.665. The molecular formula is C11H11ClN2. The van der Waals surface area contributed by atoms with E-state index in [9.17, 15) is 0 Å². The van der Waals surface area contributed by atoms with Gasteiger partial charge >= 0.3 is 0 Å². The predicted molar refractivity (Wildman–Crippen MR) is 56.8 cm³/mol. The van der Waals surface area contributed by atoms with Crippen molar-refractivity contribution in [1.82, 2.24) is 9.38 Å². The standard InChI is InChI=1S/C11H11ClN2/c12-9-4-5-14-10(6-9)7-13-11(14)8-2-1-3-8/h4-8H,1-3H2. The van der Waals surface area contributed by atoms with E-state index in [1.165, 1.54) is 25.1 Å². The van der Waals surface area contributed by atoms with E-state index in [1.54, 1.807) is 0 Å². The lowest BCUT2D eigenvalue weighted by Crippen LogP contribution is -2.12. The monoisotopic (exact) mass is 206 g/mol. The van der Waals surface area contributed by atoms with E-state index >= 15 is 0 Å². The van der Waals surface area contributed by atoms with Gasteiger partial charge in [-0.25, -0.2) is 4.98 Å². The van der Waals surface area contributed by atoms with Crippen LogP contribution in [0.15, 0.2) is 24.5 Å². The maximum atomic E-state index is 5.91. The number of imidazole rings is 1. The van der Waals surface area contributed by atoms with Crippen molar-refractivity contribution in [2.75, 3.05) is 0 Å². The zero-order valence-corrected chi connectivity index (χ0v) is 8.54. The molecule has 1 aliphatic carbocycles. The summed E-state index contributed by atoms with van der Waals surface area (Å²) in [5.74, 6) is 1.86. The molecule has 72 valence electrons. The number of fused-ring (bicyclic) bond motifs is 1. The van der Waals surface area contributed by atoms with Crippen LogP contribution in [0.5, 0.6) is 0 Å². The molecule has 0 saturated heterocycles. The van der Waals surface area contributed by atoms with Crippen LogP contribution in [0.4, 0.5) is 0 Å². The van der Waals surface area contributed by atoms with Gasteiger partial charge in [-0.2, -0.15) is 0 Å². The van der Waals surface area contributed by atoms with Crippen LogP contribution in [0.2, 0.25) is 5.02 Å². The molecule has 0 amide bonds. The molecule has 1 fully saturated rings. The average Bonchev–Trinajstić information content (AvgIpc) is 2.45. The third-order valence-corrected chi connectivity index (χ3v) is 3.23. The van der Waals surface area contributed by atoms with Gasteiger partial charge in [-0.15, -0.1) is 0 Å². The summed E-state index contributed by atoms with van der Waals surface area (Å²) < 4.78 is 2.15. The first-order chi connectivity index (χ1) is 6.84. The zero-order chi connectivity index (χ0) is 9.54. The first kappa shape index (κ1) is 8.30. The average molecular weight is 207 g/mol. The maximum Gasteiger partial charge on any atom is 0.116 e. The number of hydrogen-bond donors (Lipinski definition) is 0. The molecule has 0 N–H and O–H groups in total. The number of aromatic nitrogens is 2. The van der Waals surface area contributed by atoms with E-state index in [4.69, 9.17) is 11.6 Å². The Morgan fingerprint density at radius 2 is 2.29 bits per heavy atom. The lowest BCUT2D eigenvalue weighted by molar-refractivity contribution is 0.400.